The van der Waals surface area contributed by atoms with Crippen molar-refractivity contribution in [3.8, 4) is 17.0 Å². The fourth-order valence-electron chi connectivity index (χ4n) is 4.74. The number of aliphatic hydroxyl groups is 1. The zero-order valence-corrected chi connectivity index (χ0v) is 20.2. The molecule has 3 aromatic heterocycles. The molecule has 4 heterocycles. The number of nitrogens with two attached hydrogens (primary N) is 2. The molecule has 5 N–H and O–H groups in total. The molecule has 188 valence electrons. The first-order chi connectivity index (χ1) is 17.3. The van der Waals surface area contributed by atoms with Gasteiger partial charge in [0.1, 0.15) is 11.8 Å². The summed E-state index contributed by atoms with van der Waals surface area (Å²) in [5, 5.41) is 10.3. The SMILES string of the molecule is COc1ccc(-c2cc(Cn3cnc4c(N)ncnc43)c(N3CCC[C@](N)([C@H](C)O)C3)cn2)cc1F. The third-order valence-corrected chi connectivity index (χ3v) is 6.91. The number of methoxy groups -OCH3 is 1. The summed E-state index contributed by atoms with van der Waals surface area (Å²) >= 11 is 0. The van der Waals surface area contributed by atoms with Gasteiger partial charge in [0.25, 0.3) is 0 Å². The van der Waals surface area contributed by atoms with Gasteiger partial charge in [0, 0.05) is 18.7 Å². The number of ether oxygens (including phenoxy) is 1. The third kappa shape index (κ3) is 4.31. The maximum absolute atomic E-state index is 14.4. The molecule has 0 aliphatic carbocycles. The number of halogens is 1. The van der Waals surface area contributed by atoms with Crippen LogP contribution in [0.25, 0.3) is 22.4 Å². The van der Waals surface area contributed by atoms with Crippen molar-refractivity contribution in [2.24, 2.45) is 5.73 Å². The monoisotopic (exact) mass is 492 g/mol. The lowest BCUT2D eigenvalue weighted by Gasteiger charge is -2.43. The molecule has 1 aromatic carbocycles. The van der Waals surface area contributed by atoms with E-state index >= 15 is 0 Å². The van der Waals surface area contributed by atoms with Crippen LogP contribution in [0.3, 0.4) is 0 Å². The van der Waals surface area contributed by atoms with Crippen molar-refractivity contribution >= 4 is 22.7 Å². The molecule has 1 fully saturated rings. The van der Waals surface area contributed by atoms with Crippen LogP contribution >= 0.6 is 0 Å². The van der Waals surface area contributed by atoms with Crippen LogP contribution in [0.1, 0.15) is 25.3 Å². The Morgan fingerprint density at radius 3 is 2.81 bits per heavy atom. The molecule has 2 atom stereocenters. The van der Waals surface area contributed by atoms with Crippen molar-refractivity contribution in [3.63, 3.8) is 0 Å². The number of anilines is 2. The second-order valence-corrected chi connectivity index (χ2v) is 9.29. The van der Waals surface area contributed by atoms with E-state index in [2.05, 4.69) is 24.8 Å². The highest BCUT2D eigenvalue weighted by molar-refractivity contribution is 5.81. The van der Waals surface area contributed by atoms with Crippen LogP contribution in [-0.2, 0) is 6.54 Å². The summed E-state index contributed by atoms with van der Waals surface area (Å²) in [4.78, 5) is 19.6. The van der Waals surface area contributed by atoms with E-state index in [-0.39, 0.29) is 5.75 Å². The summed E-state index contributed by atoms with van der Waals surface area (Å²) in [6.07, 6.45) is 5.77. The van der Waals surface area contributed by atoms with Gasteiger partial charge in [-0.3, -0.25) is 4.98 Å². The molecular weight excluding hydrogens is 463 g/mol. The number of imidazole rings is 1. The lowest BCUT2D eigenvalue weighted by Crippen LogP contribution is -2.60. The number of benzene rings is 1. The molecular formula is C25H29FN8O2. The van der Waals surface area contributed by atoms with Gasteiger partial charge in [-0.25, -0.2) is 19.3 Å². The van der Waals surface area contributed by atoms with E-state index in [1.54, 1.807) is 31.6 Å². The smallest absolute Gasteiger partial charge is 0.165 e. The van der Waals surface area contributed by atoms with Crippen LogP contribution in [0.15, 0.2) is 43.1 Å². The summed E-state index contributed by atoms with van der Waals surface area (Å²) in [7, 11) is 1.43. The maximum atomic E-state index is 14.4. The van der Waals surface area contributed by atoms with Crippen LogP contribution in [0, 0.1) is 5.82 Å². The van der Waals surface area contributed by atoms with Gasteiger partial charge in [0.2, 0.25) is 0 Å². The van der Waals surface area contributed by atoms with Crippen LogP contribution < -0.4 is 21.1 Å². The van der Waals surface area contributed by atoms with E-state index in [0.717, 1.165) is 30.6 Å². The Balaban J connectivity index is 1.58. The second kappa shape index (κ2) is 9.32. The van der Waals surface area contributed by atoms with Gasteiger partial charge in [0.15, 0.2) is 23.0 Å². The Bertz CT molecular complexity index is 1410. The largest absolute Gasteiger partial charge is 0.494 e. The quantitative estimate of drug-likeness (QED) is 0.370. The minimum absolute atomic E-state index is 0.170. The van der Waals surface area contributed by atoms with Gasteiger partial charge < -0.3 is 30.8 Å². The number of aromatic nitrogens is 5. The second-order valence-electron chi connectivity index (χ2n) is 9.29. The molecule has 1 aliphatic heterocycles. The van der Waals surface area contributed by atoms with Crippen molar-refractivity contribution < 1.29 is 14.2 Å². The van der Waals surface area contributed by atoms with Crippen LogP contribution in [0.2, 0.25) is 0 Å². The first-order valence-corrected chi connectivity index (χ1v) is 11.7. The summed E-state index contributed by atoms with van der Waals surface area (Å²) in [5.74, 6) is 0.0172. The van der Waals surface area contributed by atoms with E-state index < -0.39 is 17.5 Å². The third-order valence-electron chi connectivity index (χ3n) is 6.91. The molecule has 1 saturated heterocycles. The average Bonchev–Trinajstić information content (AvgIpc) is 3.28. The van der Waals surface area contributed by atoms with E-state index in [1.807, 2.05) is 10.6 Å². The summed E-state index contributed by atoms with van der Waals surface area (Å²) in [6, 6.07) is 6.69. The predicted octanol–water partition coefficient (Wildman–Crippen LogP) is 2.34. The summed E-state index contributed by atoms with van der Waals surface area (Å²) < 4.78 is 21.4. The number of nitrogens with zero attached hydrogens (tertiary/aromatic N) is 6. The molecule has 0 amide bonds. The molecule has 0 spiro atoms. The fourth-order valence-corrected chi connectivity index (χ4v) is 4.74. The van der Waals surface area contributed by atoms with Crippen molar-refractivity contribution in [1.29, 1.82) is 0 Å². The maximum Gasteiger partial charge on any atom is 0.165 e. The number of pyridine rings is 1. The van der Waals surface area contributed by atoms with E-state index in [0.29, 0.717) is 41.3 Å². The minimum Gasteiger partial charge on any atom is -0.494 e. The standard InChI is InChI=1S/C25H29FN8O2/c1-15(35)25(28)6-3-7-33(12-25)20-10-29-19(16-4-5-21(36-2)18(26)8-16)9-17(20)11-34-14-32-22-23(27)30-13-31-24(22)34/h4-5,8-10,13-15,35H,3,6-7,11-12,28H2,1-2H3,(H2,27,30,31)/t15-,25+/m0/s1. The number of nitrogen functional groups attached to an aromatic ring is 1. The van der Waals surface area contributed by atoms with E-state index in [1.165, 1.54) is 19.5 Å². The molecule has 1 aliphatic rings. The molecule has 4 aromatic rings. The molecule has 11 heteroatoms. The number of hydrogen-bond acceptors (Lipinski definition) is 9. The molecule has 5 rings (SSSR count). The van der Waals surface area contributed by atoms with Crippen molar-refractivity contribution in [2.75, 3.05) is 30.8 Å². The number of rotatable bonds is 6. The van der Waals surface area contributed by atoms with Gasteiger partial charge in [-0.1, -0.05) is 0 Å². The van der Waals surface area contributed by atoms with Gasteiger partial charge in [-0.15, -0.1) is 0 Å². The van der Waals surface area contributed by atoms with Crippen LogP contribution in [-0.4, -0.2) is 61.5 Å². The average molecular weight is 493 g/mol. The zero-order valence-electron chi connectivity index (χ0n) is 20.2. The van der Waals surface area contributed by atoms with Crippen molar-refractivity contribution in [2.45, 2.75) is 38.0 Å². The molecule has 0 radical (unpaired) electrons. The predicted molar refractivity (Wildman–Crippen MR) is 135 cm³/mol. The molecule has 0 bridgehead atoms. The first-order valence-electron chi connectivity index (χ1n) is 11.7. The van der Waals surface area contributed by atoms with Crippen LogP contribution in [0.5, 0.6) is 5.75 Å². The van der Waals surface area contributed by atoms with E-state index in [4.69, 9.17) is 16.2 Å². The molecule has 0 unspecified atom stereocenters. The number of hydrogen-bond donors (Lipinski definition) is 3. The van der Waals surface area contributed by atoms with Crippen LogP contribution in [0.4, 0.5) is 15.9 Å². The minimum atomic E-state index is -0.726. The number of fused-ring (bicyclic) bond motifs is 1. The normalized spacial score (nSPS) is 19.0. The van der Waals surface area contributed by atoms with Gasteiger partial charge in [-0.05, 0) is 49.6 Å². The Kier molecular flexibility index (Phi) is 6.19. The summed E-state index contributed by atoms with van der Waals surface area (Å²) in [6.45, 7) is 3.40. The van der Waals surface area contributed by atoms with Gasteiger partial charge >= 0.3 is 0 Å². The fraction of sp³-hybridized carbons (Fsp3) is 0.360. The topological polar surface area (TPSA) is 141 Å². The highest BCUT2D eigenvalue weighted by Crippen LogP contribution is 2.33. The number of piperidine rings is 1. The lowest BCUT2D eigenvalue weighted by atomic mass is 9.85. The van der Waals surface area contributed by atoms with Gasteiger partial charge in [0.05, 0.1) is 49.2 Å². The van der Waals surface area contributed by atoms with Gasteiger partial charge in [-0.2, -0.15) is 0 Å². The highest BCUT2D eigenvalue weighted by Gasteiger charge is 2.36. The number of aliphatic hydroxyl groups excluding tert-OH is 1. The lowest BCUT2D eigenvalue weighted by molar-refractivity contribution is 0.0890. The molecule has 10 nitrogen and oxygen atoms in total. The van der Waals surface area contributed by atoms with E-state index in [9.17, 15) is 9.50 Å². The Labute approximate surface area is 207 Å². The highest BCUT2D eigenvalue weighted by atomic mass is 19.1. The molecule has 36 heavy (non-hydrogen) atoms. The van der Waals surface area contributed by atoms with Crippen molar-refractivity contribution in [1.82, 2.24) is 24.5 Å². The Hall–Kier alpha value is -3.83. The Morgan fingerprint density at radius 1 is 1.22 bits per heavy atom. The van der Waals surface area contributed by atoms with Crippen molar-refractivity contribution in [3.05, 3.63) is 54.5 Å². The Morgan fingerprint density at radius 2 is 2.06 bits per heavy atom. The zero-order chi connectivity index (χ0) is 25.4. The summed E-state index contributed by atoms with van der Waals surface area (Å²) in [5.41, 5.74) is 16.0. The molecule has 0 saturated carbocycles. The first kappa shape index (κ1) is 23.9.